The molecule has 1 saturated heterocycles. The molecule has 1 aromatic carbocycles. The van der Waals surface area contributed by atoms with E-state index in [1.54, 1.807) is 0 Å². The number of pyridine rings is 1. The minimum absolute atomic E-state index is 0.0716. The Morgan fingerprint density at radius 3 is 2.70 bits per heavy atom. The quantitative estimate of drug-likeness (QED) is 0.921. The lowest BCUT2D eigenvalue weighted by Crippen LogP contribution is -2.18. The monoisotopic (exact) mass is 311 g/mol. The molecule has 0 bridgehead atoms. The van der Waals surface area contributed by atoms with E-state index in [4.69, 9.17) is 4.98 Å². The van der Waals surface area contributed by atoms with Gasteiger partial charge in [-0.3, -0.25) is 9.78 Å². The molecule has 0 atom stereocenters. The maximum absolute atomic E-state index is 11.9. The van der Waals surface area contributed by atoms with Gasteiger partial charge in [0.05, 0.1) is 5.52 Å². The van der Waals surface area contributed by atoms with Crippen LogP contribution in [0.5, 0.6) is 0 Å². The van der Waals surface area contributed by atoms with E-state index < -0.39 is 0 Å². The van der Waals surface area contributed by atoms with E-state index in [0.717, 1.165) is 42.0 Å². The smallest absolute Gasteiger partial charge is 0.224 e. The second-order valence-electron chi connectivity index (χ2n) is 6.41. The fraction of sp³-hybridized carbons (Fsp3) is 0.474. The minimum atomic E-state index is 0.0716. The van der Waals surface area contributed by atoms with Gasteiger partial charge in [0.25, 0.3) is 0 Å². The number of nitrogens with zero attached hydrogens (tertiary/aromatic N) is 2. The molecule has 0 saturated carbocycles. The van der Waals surface area contributed by atoms with E-state index in [1.165, 1.54) is 23.9 Å². The molecule has 3 rings (SSSR count). The van der Waals surface area contributed by atoms with Gasteiger partial charge >= 0.3 is 0 Å². The number of hydrogen-bond donors (Lipinski definition) is 1. The summed E-state index contributed by atoms with van der Waals surface area (Å²) in [5.41, 5.74) is 5.23. The van der Waals surface area contributed by atoms with Crippen LogP contribution in [0.4, 0.5) is 11.4 Å². The van der Waals surface area contributed by atoms with Crippen LogP contribution in [0.1, 0.15) is 43.9 Å². The van der Waals surface area contributed by atoms with Crippen molar-refractivity contribution in [3.05, 3.63) is 29.5 Å². The molecule has 1 fully saturated rings. The van der Waals surface area contributed by atoms with Crippen molar-refractivity contribution in [3.8, 4) is 0 Å². The molecule has 4 nitrogen and oxygen atoms in total. The van der Waals surface area contributed by atoms with Crippen LogP contribution in [0, 0.1) is 13.8 Å². The summed E-state index contributed by atoms with van der Waals surface area (Å²) >= 11 is 0. The fourth-order valence-corrected chi connectivity index (χ4v) is 3.33. The Bertz CT molecular complexity index is 733. The highest BCUT2D eigenvalue weighted by Gasteiger charge is 2.18. The highest BCUT2D eigenvalue weighted by Crippen LogP contribution is 2.33. The molecular formula is C19H25N3O. The Kier molecular flexibility index (Phi) is 4.51. The van der Waals surface area contributed by atoms with Gasteiger partial charge in [0.15, 0.2) is 0 Å². The van der Waals surface area contributed by atoms with Gasteiger partial charge in [-0.1, -0.05) is 6.92 Å². The first-order chi connectivity index (χ1) is 11.1. The number of amides is 1. The van der Waals surface area contributed by atoms with Crippen molar-refractivity contribution in [3.63, 3.8) is 0 Å². The molecule has 1 N–H and O–H groups in total. The van der Waals surface area contributed by atoms with Gasteiger partial charge in [0.1, 0.15) is 0 Å². The van der Waals surface area contributed by atoms with Crippen LogP contribution >= 0.6 is 0 Å². The van der Waals surface area contributed by atoms with Crippen molar-refractivity contribution < 1.29 is 4.79 Å². The van der Waals surface area contributed by atoms with Crippen LogP contribution in [0.3, 0.4) is 0 Å². The van der Waals surface area contributed by atoms with Gasteiger partial charge in [0.2, 0.25) is 5.91 Å². The average Bonchev–Trinajstić information content (AvgIpc) is 3.04. The maximum Gasteiger partial charge on any atom is 0.224 e. The van der Waals surface area contributed by atoms with Crippen molar-refractivity contribution in [1.82, 2.24) is 4.98 Å². The molecule has 0 radical (unpaired) electrons. The highest BCUT2D eigenvalue weighted by molar-refractivity contribution is 6.00. The van der Waals surface area contributed by atoms with Gasteiger partial charge in [-0.25, -0.2) is 0 Å². The molecule has 0 spiro atoms. The Hall–Kier alpha value is -2.10. The minimum Gasteiger partial charge on any atom is -0.371 e. The Labute approximate surface area is 137 Å². The van der Waals surface area contributed by atoms with E-state index in [2.05, 4.69) is 22.3 Å². The van der Waals surface area contributed by atoms with Crippen molar-refractivity contribution >= 4 is 28.2 Å². The zero-order valence-corrected chi connectivity index (χ0v) is 14.3. The molecule has 4 heteroatoms. The molecule has 2 aromatic rings. The first kappa shape index (κ1) is 15.8. The molecule has 2 heterocycles. The summed E-state index contributed by atoms with van der Waals surface area (Å²) in [5.74, 6) is 0.0716. The van der Waals surface area contributed by atoms with Crippen LogP contribution in [0.2, 0.25) is 0 Å². The number of aromatic nitrogens is 1. The Balaban J connectivity index is 2.05. The molecule has 0 aliphatic carbocycles. The summed E-state index contributed by atoms with van der Waals surface area (Å²) in [7, 11) is 0. The van der Waals surface area contributed by atoms with Gasteiger partial charge in [-0.15, -0.1) is 0 Å². The van der Waals surface area contributed by atoms with E-state index >= 15 is 0 Å². The summed E-state index contributed by atoms with van der Waals surface area (Å²) < 4.78 is 0. The first-order valence-electron chi connectivity index (χ1n) is 8.56. The van der Waals surface area contributed by atoms with Crippen LogP contribution in [0.15, 0.2) is 18.2 Å². The van der Waals surface area contributed by atoms with E-state index in [1.807, 2.05) is 26.8 Å². The first-order valence-corrected chi connectivity index (χ1v) is 8.56. The van der Waals surface area contributed by atoms with E-state index in [-0.39, 0.29) is 5.91 Å². The molecule has 1 aromatic heterocycles. The predicted octanol–water partition coefficient (Wildman–Crippen LogP) is 4.19. The molecule has 23 heavy (non-hydrogen) atoms. The van der Waals surface area contributed by atoms with Crippen LogP contribution in [0.25, 0.3) is 10.9 Å². The predicted molar refractivity (Wildman–Crippen MR) is 96.2 cm³/mol. The largest absolute Gasteiger partial charge is 0.371 e. The van der Waals surface area contributed by atoms with Crippen LogP contribution in [-0.4, -0.2) is 24.0 Å². The summed E-state index contributed by atoms with van der Waals surface area (Å²) in [5, 5.41) is 4.20. The van der Waals surface area contributed by atoms with E-state index in [9.17, 15) is 4.79 Å². The molecular weight excluding hydrogens is 286 g/mol. The number of anilines is 2. The van der Waals surface area contributed by atoms with Gasteiger partial charge in [0, 0.05) is 42.0 Å². The zero-order chi connectivity index (χ0) is 16.4. The summed E-state index contributed by atoms with van der Waals surface area (Å²) in [6.07, 6.45) is 3.92. The standard InChI is InChI=1S/C19H25N3O/c1-4-7-18(23)21-16-9-8-15-17(22-10-5-6-11-22)12-13(2)20-19(15)14(16)3/h8-9,12H,4-7,10-11H2,1-3H3,(H,21,23). The fourth-order valence-electron chi connectivity index (χ4n) is 3.33. The Morgan fingerprint density at radius 1 is 1.26 bits per heavy atom. The molecule has 1 amide bonds. The lowest BCUT2D eigenvalue weighted by molar-refractivity contribution is -0.116. The highest BCUT2D eigenvalue weighted by atomic mass is 16.1. The second-order valence-corrected chi connectivity index (χ2v) is 6.41. The van der Waals surface area contributed by atoms with Gasteiger partial charge in [-0.2, -0.15) is 0 Å². The number of carbonyl (C=O) groups excluding carboxylic acids is 1. The number of carbonyl (C=O) groups is 1. The third-order valence-corrected chi connectivity index (χ3v) is 4.54. The van der Waals surface area contributed by atoms with Crippen molar-refractivity contribution in [2.24, 2.45) is 0 Å². The number of rotatable bonds is 4. The number of aryl methyl sites for hydroxylation is 2. The topological polar surface area (TPSA) is 45.2 Å². The number of fused-ring (bicyclic) bond motifs is 1. The summed E-state index contributed by atoms with van der Waals surface area (Å²) in [6, 6.07) is 6.30. The molecule has 0 unspecified atom stereocenters. The third kappa shape index (κ3) is 3.16. The third-order valence-electron chi connectivity index (χ3n) is 4.54. The average molecular weight is 311 g/mol. The summed E-state index contributed by atoms with van der Waals surface area (Å²) in [6.45, 7) is 8.34. The summed E-state index contributed by atoms with van der Waals surface area (Å²) in [4.78, 5) is 19.1. The second kappa shape index (κ2) is 6.57. The normalized spacial score (nSPS) is 14.5. The lowest BCUT2D eigenvalue weighted by atomic mass is 10.1. The van der Waals surface area contributed by atoms with Crippen molar-refractivity contribution in [1.29, 1.82) is 0 Å². The maximum atomic E-state index is 11.9. The number of benzene rings is 1. The lowest BCUT2D eigenvalue weighted by Gasteiger charge is -2.21. The number of nitrogens with one attached hydrogen (secondary N) is 1. The van der Waals surface area contributed by atoms with Crippen LogP contribution < -0.4 is 10.2 Å². The number of hydrogen-bond acceptors (Lipinski definition) is 3. The zero-order valence-electron chi connectivity index (χ0n) is 14.3. The van der Waals surface area contributed by atoms with Crippen molar-refractivity contribution in [2.45, 2.75) is 46.5 Å². The van der Waals surface area contributed by atoms with E-state index in [0.29, 0.717) is 6.42 Å². The van der Waals surface area contributed by atoms with Gasteiger partial charge in [-0.05, 0) is 56.9 Å². The van der Waals surface area contributed by atoms with Crippen LogP contribution in [-0.2, 0) is 4.79 Å². The van der Waals surface area contributed by atoms with Gasteiger partial charge < -0.3 is 10.2 Å². The molecule has 1 aliphatic heterocycles. The SMILES string of the molecule is CCCC(=O)Nc1ccc2c(N3CCCC3)cc(C)nc2c1C. The molecule has 122 valence electrons. The Morgan fingerprint density at radius 2 is 2.00 bits per heavy atom. The molecule has 1 aliphatic rings. The van der Waals surface area contributed by atoms with Crippen molar-refractivity contribution in [2.75, 3.05) is 23.3 Å².